The van der Waals surface area contributed by atoms with Gasteiger partial charge in [-0.05, 0) is 49.6 Å². The highest BCUT2D eigenvalue weighted by atomic mass is 16.1. The van der Waals surface area contributed by atoms with Crippen molar-refractivity contribution in [2.45, 2.75) is 26.3 Å². The Labute approximate surface area is 175 Å². The third-order valence-electron chi connectivity index (χ3n) is 4.80. The first-order valence-electron chi connectivity index (χ1n) is 9.97. The van der Waals surface area contributed by atoms with Gasteiger partial charge in [-0.15, -0.1) is 0 Å². The lowest BCUT2D eigenvalue weighted by atomic mass is 10.0. The predicted octanol–water partition coefficient (Wildman–Crippen LogP) is 3.81. The Morgan fingerprint density at radius 1 is 1.13 bits per heavy atom. The summed E-state index contributed by atoms with van der Waals surface area (Å²) in [7, 11) is 0. The summed E-state index contributed by atoms with van der Waals surface area (Å²) in [5.74, 6) is -0.148. The highest BCUT2D eigenvalue weighted by Crippen LogP contribution is 2.30. The summed E-state index contributed by atoms with van der Waals surface area (Å²) in [6, 6.07) is 10.1. The molecule has 0 atom stereocenters. The SMILES string of the molecule is CC(C)Nc1c(C(=O)NCCc2cccnc2)cnc2ccc(-c3cn[nH]c3)cc12. The first-order chi connectivity index (χ1) is 14.6. The molecule has 3 N–H and O–H groups in total. The van der Waals surface area contributed by atoms with E-state index in [1.54, 1.807) is 18.6 Å². The minimum Gasteiger partial charge on any atom is -0.382 e. The molecule has 0 aliphatic carbocycles. The number of anilines is 1. The molecular weight excluding hydrogens is 376 g/mol. The molecule has 7 heteroatoms. The van der Waals surface area contributed by atoms with Crippen LogP contribution in [0.5, 0.6) is 0 Å². The molecule has 0 aliphatic rings. The van der Waals surface area contributed by atoms with Crippen LogP contribution in [0.25, 0.3) is 22.0 Å². The molecule has 3 heterocycles. The number of fused-ring (bicyclic) bond motifs is 1. The average molecular weight is 400 g/mol. The van der Waals surface area contributed by atoms with Crippen molar-refractivity contribution in [3.05, 3.63) is 72.4 Å². The second-order valence-electron chi connectivity index (χ2n) is 7.43. The molecule has 0 aliphatic heterocycles. The van der Waals surface area contributed by atoms with Gasteiger partial charge in [-0.25, -0.2) is 0 Å². The summed E-state index contributed by atoms with van der Waals surface area (Å²) in [5.41, 5.74) is 5.24. The number of hydrogen-bond donors (Lipinski definition) is 3. The zero-order valence-electron chi connectivity index (χ0n) is 17.0. The van der Waals surface area contributed by atoms with Gasteiger partial charge in [0, 0.05) is 48.3 Å². The van der Waals surface area contributed by atoms with Gasteiger partial charge < -0.3 is 10.6 Å². The Morgan fingerprint density at radius 3 is 2.77 bits per heavy atom. The number of nitrogens with one attached hydrogen (secondary N) is 3. The van der Waals surface area contributed by atoms with Gasteiger partial charge in [-0.2, -0.15) is 5.10 Å². The van der Waals surface area contributed by atoms with Crippen molar-refractivity contribution in [2.75, 3.05) is 11.9 Å². The van der Waals surface area contributed by atoms with Crippen LogP contribution in [-0.4, -0.2) is 38.7 Å². The third kappa shape index (κ3) is 4.30. The molecule has 0 saturated carbocycles. The Kier molecular flexibility index (Phi) is 5.70. The summed E-state index contributed by atoms with van der Waals surface area (Å²) in [4.78, 5) is 21.6. The van der Waals surface area contributed by atoms with Crippen LogP contribution in [0, 0.1) is 0 Å². The fraction of sp³-hybridized carbons (Fsp3) is 0.217. The van der Waals surface area contributed by atoms with Crippen LogP contribution < -0.4 is 10.6 Å². The van der Waals surface area contributed by atoms with E-state index in [1.165, 1.54) is 0 Å². The predicted molar refractivity (Wildman–Crippen MR) is 118 cm³/mol. The zero-order chi connectivity index (χ0) is 20.9. The molecule has 4 rings (SSSR count). The normalized spacial score (nSPS) is 11.0. The molecule has 0 spiro atoms. The van der Waals surface area contributed by atoms with E-state index in [4.69, 9.17) is 0 Å². The quantitative estimate of drug-likeness (QED) is 0.438. The summed E-state index contributed by atoms with van der Waals surface area (Å²) < 4.78 is 0. The van der Waals surface area contributed by atoms with Crippen molar-refractivity contribution in [2.24, 2.45) is 0 Å². The number of aromatic amines is 1. The maximum Gasteiger partial charge on any atom is 0.254 e. The van der Waals surface area contributed by atoms with Crippen molar-refractivity contribution in [1.29, 1.82) is 0 Å². The molecule has 0 radical (unpaired) electrons. The summed E-state index contributed by atoms with van der Waals surface area (Å²) in [5, 5.41) is 14.2. The van der Waals surface area contributed by atoms with E-state index in [-0.39, 0.29) is 11.9 Å². The molecule has 152 valence electrons. The van der Waals surface area contributed by atoms with Crippen LogP contribution in [0.1, 0.15) is 29.8 Å². The lowest BCUT2D eigenvalue weighted by Crippen LogP contribution is -2.27. The Bertz CT molecular complexity index is 1140. The number of carbonyl (C=O) groups is 1. The second-order valence-corrected chi connectivity index (χ2v) is 7.43. The number of aromatic nitrogens is 4. The van der Waals surface area contributed by atoms with Crippen LogP contribution in [0.15, 0.2) is 61.3 Å². The second kappa shape index (κ2) is 8.73. The van der Waals surface area contributed by atoms with Crippen LogP contribution >= 0.6 is 0 Å². The van der Waals surface area contributed by atoms with Gasteiger partial charge in [0.1, 0.15) is 0 Å². The molecule has 0 unspecified atom stereocenters. The fourth-order valence-electron chi connectivity index (χ4n) is 3.36. The standard InChI is InChI=1S/C23H24N6O/c1-15(2)29-22-19-10-17(18-12-27-28-13-18)5-6-21(19)26-14-20(22)23(30)25-9-7-16-4-3-8-24-11-16/h3-6,8,10-15H,7,9H2,1-2H3,(H,25,30)(H,26,29)(H,27,28). The number of pyridine rings is 2. The summed E-state index contributed by atoms with van der Waals surface area (Å²) in [6.07, 6.45) is 9.54. The topological polar surface area (TPSA) is 95.6 Å². The molecular formula is C23H24N6O. The molecule has 1 amide bonds. The van der Waals surface area contributed by atoms with E-state index in [0.717, 1.165) is 39.7 Å². The minimum absolute atomic E-state index is 0.148. The monoisotopic (exact) mass is 400 g/mol. The van der Waals surface area contributed by atoms with Crippen molar-refractivity contribution in [3.63, 3.8) is 0 Å². The van der Waals surface area contributed by atoms with E-state index in [9.17, 15) is 4.79 Å². The smallest absolute Gasteiger partial charge is 0.254 e. The van der Waals surface area contributed by atoms with Crippen LogP contribution in [0.4, 0.5) is 5.69 Å². The molecule has 3 aromatic heterocycles. The van der Waals surface area contributed by atoms with Crippen LogP contribution in [-0.2, 0) is 6.42 Å². The third-order valence-corrected chi connectivity index (χ3v) is 4.80. The maximum atomic E-state index is 13.0. The number of benzene rings is 1. The van der Waals surface area contributed by atoms with E-state index < -0.39 is 0 Å². The van der Waals surface area contributed by atoms with Gasteiger partial charge in [0.2, 0.25) is 0 Å². The Morgan fingerprint density at radius 2 is 2.03 bits per heavy atom. The number of nitrogens with zero attached hydrogens (tertiary/aromatic N) is 3. The molecule has 4 aromatic rings. The van der Waals surface area contributed by atoms with E-state index >= 15 is 0 Å². The number of H-pyrrole nitrogens is 1. The van der Waals surface area contributed by atoms with E-state index in [2.05, 4.69) is 44.6 Å². The number of rotatable bonds is 7. The highest BCUT2D eigenvalue weighted by Gasteiger charge is 2.17. The molecule has 7 nitrogen and oxygen atoms in total. The lowest BCUT2D eigenvalue weighted by molar-refractivity contribution is 0.0954. The van der Waals surface area contributed by atoms with E-state index in [1.807, 2.05) is 42.7 Å². The Balaban J connectivity index is 1.64. The van der Waals surface area contributed by atoms with Crippen molar-refractivity contribution in [3.8, 4) is 11.1 Å². The first-order valence-corrected chi connectivity index (χ1v) is 9.97. The van der Waals surface area contributed by atoms with Gasteiger partial charge in [0.15, 0.2) is 0 Å². The lowest BCUT2D eigenvalue weighted by Gasteiger charge is -2.17. The van der Waals surface area contributed by atoms with Gasteiger partial charge in [0.25, 0.3) is 5.91 Å². The summed E-state index contributed by atoms with van der Waals surface area (Å²) in [6.45, 7) is 4.63. The zero-order valence-corrected chi connectivity index (χ0v) is 17.0. The van der Waals surface area contributed by atoms with Crippen molar-refractivity contribution in [1.82, 2.24) is 25.5 Å². The number of amides is 1. The fourth-order valence-corrected chi connectivity index (χ4v) is 3.36. The largest absolute Gasteiger partial charge is 0.382 e. The van der Waals surface area contributed by atoms with Crippen molar-refractivity contribution < 1.29 is 4.79 Å². The number of hydrogen-bond acceptors (Lipinski definition) is 5. The molecule has 30 heavy (non-hydrogen) atoms. The molecule has 0 bridgehead atoms. The highest BCUT2D eigenvalue weighted by molar-refractivity contribution is 6.07. The van der Waals surface area contributed by atoms with Crippen LogP contribution in [0.3, 0.4) is 0 Å². The summed E-state index contributed by atoms with van der Waals surface area (Å²) >= 11 is 0. The first kappa shape index (κ1) is 19.6. The maximum absolute atomic E-state index is 13.0. The van der Waals surface area contributed by atoms with E-state index in [0.29, 0.717) is 12.1 Å². The Hall–Kier alpha value is -3.74. The molecule has 1 aromatic carbocycles. The van der Waals surface area contributed by atoms with Gasteiger partial charge in [-0.1, -0.05) is 12.1 Å². The minimum atomic E-state index is -0.148. The van der Waals surface area contributed by atoms with Crippen LogP contribution in [0.2, 0.25) is 0 Å². The van der Waals surface area contributed by atoms with Gasteiger partial charge in [-0.3, -0.25) is 19.9 Å². The van der Waals surface area contributed by atoms with Gasteiger partial charge >= 0.3 is 0 Å². The van der Waals surface area contributed by atoms with Gasteiger partial charge in [0.05, 0.1) is 23.0 Å². The molecule has 0 fully saturated rings. The average Bonchev–Trinajstić information content (AvgIpc) is 3.29. The van der Waals surface area contributed by atoms with Crippen molar-refractivity contribution >= 4 is 22.5 Å². The number of carbonyl (C=O) groups excluding carboxylic acids is 1. The molecule has 0 saturated heterocycles.